The summed E-state index contributed by atoms with van der Waals surface area (Å²) in [6, 6.07) is 2.04. The lowest BCUT2D eigenvalue weighted by Gasteiger charge is -2.19. The molecule has 0 aromatic carbocycles. The van der Waals surface area contributed by atoms with Gasteiger partial charge in [-0.3, -0.25) is 0 Å². The molecule has 1 atom stereocenters. The van der Waals surface area contributed by atoms with Crippen LogP contribution in [-0.4, -0.2) is 16.2 Å². The maximum atomic E-state index is 9.70. The van der Waals surface area contributed by atoms with Crippen LogP contribution in [-0.2, 0) is 5.41 Å². The Hall–Kier alpha value is -0.600. The van der Waals surface area contributed by atoms with Gasteiger partial charge in [0.1, 0.15) is 5.15 Å². The van der Waals surface area contributed by atoms with E-state index >= 15 is 0 Å². The van der Waals surface area contributed by atoms with Crippen LogP contribution in [0.2, 0.25) is 5.15 Å². The molecule has 2 nitrogen and oxygen atoms in total. The summed E-state index contributed by atoms with van der Waals surface area (Å²) in [6.45, 7) is 3.79. The second-order valence-electron chi connectivity index (χ2n) is 4.16. The number of nitrogens with zero attached hydrogens (tertiary/aromatic N) is 1. The summed E-state index contributed by atoms with van der Waals surface area (Å²) < 4.78 is 0. The summed E-state index contributed by atoms with van der Waals surface area (Å²) in [5.74, 6) is 0. The topological polar surface area (TPSA) is 33.1 Å². The summed E-state index contributed by atoms with van der Waals surface area (Å²) in [4.78, 5) is 4.12. The van der Waals surface area contributed by atoms with E-state index in [1.54, 1.807) is 6.20 Å². The van der Waals surface area contributed by atoms with Gasteiger partial charge in [-0.05, 0) is 37.8 Å². The summed E-state index contributed by atoms with van der Waals surface area (Å²) in [5.41, 5.74) is 2.06. The fourth-order valence-electron chi connectivity index (χ4n) is 1.91. The third-order valence-electron chi connectivity index (χ3n) is 3.18. The molecule has 0 amide bonds. The minimum atomic E-state index is -0.301. The quantitative estimate of drug-likeness (QED) is 0.763. The first kappa shape index (κ1) is 9.94. The molecule has 1 aliphatic rings. The highest BCUT2D eigenvalue weighted by Gasteiger charge is 2.48. The number of aliphatic hydroxyl groups excluding tert-OH is 1. The first-order chi connectivity index (χ1) is 6.56. The molecular formula is C11H14ClNO. The van der Waals surface area contributed by atoms with Crippen LogP contribution in [0.3, 0.4) is 0 Å². The number of aliphatic hydroxyl groups is 1. The van der Waals surface area contributed by atoms with E-state index < -0.39 is 0 Å². The minimum Gasteiger partial charge on any atom is -0.392 e. The van der Waals surface area contributed by atoms with Crippen molar-refractivity contribution in [3.63, 3.8) is 0 Å². The van der Waals surface area contributed by atoms with Crippen molar-refractivity contribution in [1.29, 1.82) is 0 Å². The van der Waals surface area contributed by atoms with Crippen molar-refractivity contribution in [1.82, 2.24) is 4.98 Å². The second-order valence-corrected chi connectivity index (χ2v) is 4.52. The second kappa shape index (κ2) is 3.21. The first-order valence-corrected chi connectivity index (χ1v) is 5.25. The van der Waals surface area contributed by atoms with Crippen molar-refractivity contribution >= 4 is 11.6 Å². The van der Waals surface area contributed by atoms with Crippen molar-refractivity contribution in [2.45, 2.75) is 38.2 Å². The lowest BCUT2D eigenvalue weighted by molar-refractivity contribution is 0.150. The van der Waals surface area contributed by atoms with Gasteiger partial charge in [-0.15, -0.1) is 0 Å². The Morgan fingerprint density at radius 2 is 2.21 bits per heavy atom. The normalized spacial score (nSPS) is 20.6. The standard InChI is InChI=1S/C11H14ClNO/c1-7-5-9(6-13-10(7)12)11(3-4-11)8(2)14/h5-6,8,14H,3-4H2,1-2H3. The SMILES string of the molecule is Cc1cc(C2(C(C)O)CC2)cnc1Cl. The smallest absolute Gasteiger partial charge is 0.131 e. The maximum Gasteiger partial charge on any atom is 0.131 e. The van der Waals surface area contributed by atoms with E-state index in [9.17, 15) is 5.11 Å². The summed E-state index contributed by atoms with van der Waals surface area (Å²) in [7, 11) is 0. The Morgan fingerprint density at radius 3 is 2.64 bits per heavy atom. The van der Waals surface area contributed by atoms with Crippen LogP contribution >= 0.6 is 11.6 Å². The number of aryl methyl sites for hydroxylation is 1. The van der Waals surface area contributed by atoms with Gasteiger partial charge >= 0.3 is 0 Å². The number of pyridine rings is 1. The predicted octanol–water partition coefficient (Wildman–Crippen LogP) is 2.46. The highest BCUT2D eigenvalue weighted by molar-refractivity contribution is 6.30. The molecule has 0 aliphatic heterocycles. The van der Waals surface area contributed by atoms with Gasteiger partial charge in [0.05, 0.1) is 6.10 Å². The number of halogens is 1. The first-order valence-electron chi connectivity index (χ1n) is 4.87. The summed E-state index contributed by atoms with van der Waals surface area (Å²) in [5, 5.41) is 10.2. The van der Waals surface area contributed by atoms with Crippen LogP contribution in [0.25, 0.3) is 0 Å². The van der Waals surface area contributed by atoms with Crippen molar-refractivity contribution in [3.05, 3.63) is 28.5 Å². The molecule has 3 heteroatoms. The van der Waals surface area contributed by atoms with Gasteiger partial charge in [0, 0.05) is 11.6 Å². The molecule has 1 heterocycles. The van der Waals surface area contributed by atoms with Gasteiger partial charge in [0.25, 0.3) is 0 Å². The molecule has 1 saturated carbocycles. The van der Waals surface area contributed by atoms with E-state index in [1.807, 2.05) is 19.9 Å². The molecular weight excluding hydrogens is 198 g/mol. The van der Waals surface area contributed by atoms with Gasteiger partial charge in [0.2, 0.25) is 0 Å². The molecule has 1 aromatic rings. The fraction of sp³-hybridized carbons (Fsp3) is 0.545. The Labute approximate surface area is 88.9 Å². The highest BCUT2D eigenvalue weighted by atomic mass is 35.5. The van der Waals surface area contributed by atoms with Crippen LogP contribution in [0.4, 0.5) is 0 Å². The largest absolute Gasteiger partial charge is 0.392 e. The molecule has 2 rings (SSSR count). The van der Waals surface area contributed by atoms with E-state index in [0.717, 1.165) is 24.0 Å². The van der Waals surface area contributed by atoms with E-state index in [4.69, 9.17) is 11.6 Å². The van der Waals surface area contributed by atoms with Crippen molar-refractivity contribution < 1.29 is 5.11 Å². The molecule has 14 heavy (non-hydrogen) atoms. The molecule has 1 unspecified atom stereocenters. The van der Waals surface area contributed by atoms with Gasteiger partial charge in [-0.1, -0.05) is 17.7 Å². The molecule has 1 aromatic heterocycles. The predicted molar refractivity (Wildman–Crippen MR) is 56.6 cm³/mol. The molecule has 0 bridgehead atoms. The average Bonchev–Trinajstić information content (AvgIpc) is 2.90. The molecule has 1 aliphatic carbocycles. The van der Waals surface area contributed by atoms with Crippen LogP contribution < -0.4 is 0 Å². The van der Waals surface area contributed by atoms with E-state index in [-0.39, 0.29) is 11.5 Å². The number of rotatable bonds is 2. The maximum absolute atomic E-state index is 9.70. The van der Waals surface area contributed by atoms with Crippen LogP contribution in [0.15, 0.2) is 12.3 Å². The van der Waals surface area contributed by atoms with Crippen LogP contribution in [0.5, 0.6) is 0 Å². The molecule has 1 N–H and O–H groups in total. The lowest BCUT2D eigenvalue weighted by atomic mass is 9.91. The Kier molecular flexibility index (Phi) is 2.28. The Bertz CT molecular complexity index is 358. The molecule has 0 spiro atoms. The van der Waals surface area contributed by atoms with Gasteiger partial charge in [-0.2, -0.15) is 0 Å². The Balaban J connectivity index is 2.38. The fourth-order valence-corrected chi connectivity index (χ4v) is 2.02. The minimum absolute atomic E-state index is 0.0393. The Morgan fingerprint density at radius 1 is 1.57 bits per heavy atom. The zero-order valence-electron chi connectivity index (χ0n) is 8.42. The van der Waals surface area contributed by atoms with E-state index in [1.165, 1.54) is 0 Å². The lowest BCUT2D eigenvalue weighted by Crippen LogP contribution is -2.22. The third kappa shape index (κ3) is 1.43. The number of hydrogen-bond donors (Lipinski definition) is 1. The van der Waals surface area contributed by atoms with Gasteiger partial charge in [-0.25, -0.2) is 4.98 Å². The van der Waals surface area contributed by atoms with Crippen molar-refractivity contribution in [2.24, 2.45) is 0 Å². The van der Waals surface area contributed by atoms with Gasteiger partial charge in [0.15, 0.2) is 0 Å². The van der Waals surface area contributed by atoms with Gasteiger partial charge < -0.3 is 5.11 Å². The molecule has 0 radical (unpaired) electrons. The summed E-state index contributed by atoms with van der Waals surface area (Å²) in [6.07, 6.45) is 3.58. The molecule has 1 fully saturated rings. The number of aromatic nitrogens is 1. The third-order valence-corrected chi connectivity index (χ3v) is 3.57. The molecule has 0 saturated heterocycles. The highest BCUT2D eigenvalue weighted by Crippen LogP contribution is 2.51. The number of hydrogen-bond acceptors (Lipinski definition) is 2. The average molecular weight is 212 g/mol. The van der Waals surface area contributed by atoms with E-state index in [2.05, 4.69) is 4.98 Å². The van der Waals surface area contributed by atoms with Crippen molar-refractivity contribution in [2.75, 3.05) is 0 Å². The monoisotopic (exact) mass is 211 g/mol. The zero-order chi connectivity index (χ0) is 10.3. The summed E-state index contributed by atoms with van der Waals surface area (Å²) >= 11 is 5.86. The van der Waals surface area contributed by atoms with E-state index in [0.29, 0.717) is 5.15 Å². The van der Waals surface area contributed by atoms with Crippen LogP contribution in [0.1, 0.15) is 30.9 Å². The zero-order valence-corrected chi connectivity index (χ0v) is 9.17. The van der Waals surface area contributed by atoms with Crippen molar-refractivity contribution in [3.8, 4) is 0 Å². The molecule has 76 valence electrons. The van der Waals surface area contributed by atoms with Crippen LogP contribution in [0, 0.1) is 6.92 Å².